The number of aromatic nitrogens is 7. The van der Waals surface area contributed by atoms with Gasteiger partial charge in [0.1, 0.15) is 22.8 Å². The fourth-order valence-corrected chi connectivity index (χ4v) is 4.19. The second kappa shape index (κ2) is 8.98. The van der Waals surface area contributed by atoms with Crippen molar-refractivity contribution in [3.05, 3.63) is 67.0 Å². The molecule has 0 radical (unpaired) electrons. The number of hydrogen-bond acceptors (Lipinski definition) is 7. The predicted molar refractivity (Wildman–Crippen MR) is 145 cm³/mol. The Bertz CT molecular complexity index is 1870. The molecule has 0 spiro atoms. The van der Waals surface area contributed by atoms with E-state index >= 15 is 0 Å². The molecule has 0 unspecified atom stereocenters. The van der Waals surface area contributed by atoms with E-state index in [2.05, 4.69) is 35.5 Å². The van der Waals surface area contributed by atoms with Gasteiger partial charge in [-0.05, 0) is 30.3 Å². The van der Waals surface area contributed by atoms with Gasteiger partial charge in [-0.1, -0.05) is 20.8 Å². The number of phenols is 1. The van der Waals surface area contributed by atoms with Crippen LogP contribution in [0.2, 0.25) is 0 Å². The lowest BCUT2D eigenvalue weighted by Gasteiger charge is -2.17. The molecule has 1 amide bonds. The molecule has 6 rings (SSSR count). The van der Waals surface area contributed by atoms with Gasteiger partial charge in [0.2, 0.25) is 5.91 Å². The minimum Gasteiger partial charge on any atom is -0.508 e. The number of nitrogens with zero attached hydrogens (tertiary/aromatic N) is 5. The Hall–Kier alpha value is -5.19. The van der Waals surface area contributed by atoms with Gasteiger partial charge in [-0.2, -0.15) is 5.10 Å². The lowest BCUT2D eigenvalue weighted by molar-refractivity contribution is -0.123. The maximum Gasteiger partial charge on any atom is 0.229 e. The number of rotatable bonds is 4. The first-order valence-corrected chi connectivity index (χ1v) is 12.1. The van der Waals surface area contributed by atoms with Crippen molar-refractivity contribution in [2.24, 2.45) is 5.41 Å². The normalized spacial score (nSPS) is 11.8. The zero-order valence-corrected chi connectivity index (χ0v) is 21.2. The number of hydrogen-bond donors (Lipinski definition) is 4. The fourth-order valence-electron chi connectivity index (χ4n) is 4.19. The lowest BCUT2D eigenvalue weighted by Crippen LogP contribution is -2.27. The van der Waals surface area contributed by atoms with Crippen LogP contribution in [0.25, 0.3) is 56.0 Å². The lowest BCUT2D eigenvalue weighted by atomic mass is 9.95. The average molecular weight is 523 g/mol. The molecule has 0 aliphatic carbocycles. The molecule has 5 heterocycles. The van der Waals surface area contributed by atoms with Crippen LogP contribution < -0.4 is 5.32 Å². The van der Waals surface area contributed by atoms with Gasteiger partial charge in [0, 0.05) is 40.4 Å². The van der Waals surface area contributed by atoms with Gasteiger partial charge < -0.3 is 15.4 Å². The molecule has 11 heteroatoms. The van der Waals surface area contributed by atoms with Crippen LogP contribution in [-0.2, 0) is 4.79 Å². The summed E-state index contributed by atoms with van der Waals surface area (Å²) in [5, 5.41) is 21.0. The molecule has 0 saturated heterocycles. The molecule has 6 aromatic rings. The molecule has 0 bridgehead atoms. The summed E-state index contributed by atoms with van der Waals surface area (Å²) >= 11 is 0. The van der Waals surface area contributed by atoms with Gasteiger partial charge in [-0.25, -0.2) is 9.37 Å². The minimum atomic E-state index is -0.575. The smallest absolute Gasteiger partial charge is 0.229 e. The molecule has 0 atom stereocenters. The van der Waals surface area contributed by atoms with Gasteiger partial charge in [-0.15, -0.1) is 0 Å². The van der Waals surface area contributed by atoms with E-state index in [9.17, 15) is 14.3 Å². The third kappa shape index (κ3) is 4.54. The van der Waals surface area contributed by atoms with Crippen LogP contribution in [0.15, 0.2) is 61.2 Å². The van der Waals surface area contributed by atoms with Gasteiger partial charge in [-0.3, -0.25) is 24.8 Å². The third-order valence-electron chi connectivity index (χ3n) is 6.20. The molecule has 194 valence electrons. The van der Waals surface area contributed by atoms with Crippen molar-refractivity contribution in [1.82, 2.24) is 35.1 Å². The van der Waals surface area contributed by atoms with Crippen LogP contribution in [0.1, 0.15) is 20.8 Å². The molecule has 39 heavy (non-hydrogen) atoms. The first kappa shape index (κ1) is 24.2. The standard InChI is InChI=1S/C28H23FN8O2/c1-28(2,3)27(39)33-17-7-15(11-30-12-17)21-10-19-22(13-32-21)36-37-24(19)26-34-20-4-5-31-23(25(20)35-26)14-6-16(29)9-18(38)8-14/h4-13,38H,1-3H3,(H,33,39)(H,34,35)(H,36,37). The number of imidazole rings is 1. The number of halogens is 1. The number of phenolic OH excluding ortho intramolecular Hbond substituents is 1. The molecule has 0 saturated carbocycles. The van der Waals surface area contributed by atoms with Crippen molar-refractivity contribution in [2.45, 2.75) is 20.8 Å². The fraction of sp³-hybridized carbons (Fsp3) is 0.143. The second-order valence-electron chi connectivity index (χ2n) is 10.2. The van der Waals surface area contributed by atoms with Gasteiger partial charge in [0.05, 0.1) is 40.5 Å². The number of carbonyl (C=O) groups is 1. The highest BCUT2D eigenvalue weighted by Gasteiger charge is 2.22. The van der Waals surface area contributed by atoms with Crippen LogP contribution in [0, 0.1) is 11.2 Å². The molecule has 5 aromatic heterocycles. The Kier molecular flexibility index (Phi) is 5.56. The van der Waals surface area contributed by atoms with E-state index in [1.807, 2.05) is 32.9 Å². The molecule has 1 aromatic carbocycles. The Labute approximate surface area is 221 Å². The highest BCUT2D eigenvalue weighted by molar-refractivity contribution is 5.97. The molecule has 0 aliphatic heterocycles. The molecule has 10 nitrogen and oxygen atoms in total. The number of anilines is 1. The molecule has 0 fully saturated rings. The van der Waals surface area contributed by atoms with E-state index in [1.165, 1.54) is 12.1 Å². The number of aromatic amines is 2. The van der Waals surface area contributed by atoms with E-state index < -0.39 is 11.2 Å². The topological polar surface area (TPSA) is 145 Å². The summed E-state index contributed by atoms with van der Waals surface area (Å²) in [5.41, 5.74) is 4.66. The average Bonchev–Trinajstić information content (AvgIpc) is 3.51. The number of fused-ring (bicyclic) bond motifs is 2. The first-order valence-electron chi connectivity index (χ1n) is 12.1. The SMILES string of the molecule is CC(C)(C)C(=O)Nc1cncc(-c2cc3c(-c4nc5c(-c6cc(O)cc(F)c6)nccc5[nH]4)n[nH]c3cn2)c1. The largest absolute Gasteiger partial charge is 0.508 e. The highest BCUT2D eigenvalue weighted by atomic mass is 19.1. The Balaban J connectivity index is 1.41. The van der Waals surface area contributed by atoms with Crippen LogP contribution in [0.5, 0.6) is 5.75 Å². The number of aromatic hydroxyl groups is 1. The van der Waals surface area contributed by atoms with E-state index in [-0.39, 0.29) is 11.7 Å². The number of amides is 1. The highest BCUT2D eigenvalue weighted by Crippen LogP contribution is 2.33. The Morgan fingerprint density at radius 2 is 1.82 bits per heavy atom. The first-order chi connectivity index (χ1) is 18.7. The van der Waals surface area contributed by atoms with E-state index in [1.54, 1.807) is 30.9 Å². The Morgan fingerprint density at radius 3 is 2.62 bits per heavy atom. The van der Waals surface area contributed by atoms with E-state index in [0.717, 1.165) is 17.0 Å². The van der Waals surface area contributed by atoms with Crippen molar-refractivity contribution in [2.75, 3.05) is 5.32 Å². The van der Waals surface area contributed by atoms with Crippen molar-refractivity contribution >= 4 is 33.5 Å². The number of nitrogens with one attached hydrogen (secondary N) is 3. The van der Waals surface area contributed by atoms with Crippen LogP contribution in [0.4, 0.5) is 10.1 Å². The molecule has 4 N–H and O–H groups in total. The van der Waals surface area contributed by atoms with Crippen molar-refractivity contribution in [3.8, 4) is 39.8 Å². The van der Waals surface area contributed by atoms with Crippen molar-refractivity contribution in [3.63, 3.8) is 0 Å². The summed E-state index contributed by atoms with van der Waals surface area (Å²) in [6.07, 6.45) is 6.53. The predicted octanol–water partition coefficient (Wildman–Crippen LogP) is 5.45. The zero-order valence-electron chi connectivity index (χ0n) is 21.2. The molecule has 0 aliphatic rings. The zero-order chi connectivity index (χ0) is 27.3. The van der Waals surface area contributed by atoms with Gasteiger partial charge in [0.15, 0.2) is 5.82 Å². The summed E-state index contributed by atoms with van der Waals surface area (Å²) < 4.78 is 14.0. The summed E-state index contributed by atoms with van der Waals surface area (Å²) in [6.45, 7) is 5.53. The molecular weight excluding hydrogens is 499 g/mol. The van der Waals surface area contributed by atoms with Gasteiger partial charge >= 0.3 is 0 Å². The van der Waals surface area contributed by atoms with Crippen LogP contribution >= 0.6 is 0 Å². The quantitative estimate of drug-likeness (QED) is 0.241. The number of H-pyrrole nitrogens is 2. The summed E-state index contributed by atoms with van der Waals surface area (Å²) in [4.78, 5) is 33.6. The van der Waals surface area contributed by atoms with E-state index in [0.29, 0.717) is 50.7 Å². The molecular formula is C28H23FN8O2. The summed E-state index contributed by atoms with van der Waals surface area (Å²) in [7, 11) is 0. The summed E-state index contributed by atoms with van der Waals surface area (Å²) in [6, 6.07) is 9.22. The van der Waals surface area contributed by atoms with Crippen LogP contribution in [-0.4, -0.2) is 46.1 Å². The number of carbonyl (C=O) groups excluding carboxylic acids is 1. The number of pyridine rings is 3. The van der Waals surface area contributed by atoms with Crippen molar-refractivity contribution < 1.29 is 14.3 Å². The second-order valence-corrected chi connectivity index (χ2v) is 10.2. The summed E-state index contributed by atoms with van der Waals surface area (Å²) in [5.74, 6) is -0.411. The Morgan fingerprint density at radius 1 is 0.974 bits per heavy atom. The van der Waals surface area contributed by atoms with Crippen molar-refractivity contribution in [1.29, 1.82) is 0 Å². The van der Waals surface area contributed by atoms with Crippen LogP contribution in [0.3, 0.4) is 0 Å². The monoisotopic (exact) mass is 522 g/mol. The third-order valence-corrected chi connectivity index (χ3v) is 6.20. The maximum absolute atomic E-state index is 14.0. The van der Waals surface area contributed by atoms with Gasteiger partial charge in [0.25, 0.3) is 0 Å². The number of benzene rings is 1. The maximum atomic E-state index is 14.0. The van der Waals surface area contributed by atoms with E-state index in [4.69, 9.17) is 4.98 Å². The minimum absolute atomic E-state index is 0.116.